The summed E-state index contributed by atoms with van der Waals surface area (Å²) in [4.78, 5) is 24.2. The molecule has 2 bridgehead atoms. The van der Waals surface area contributed by atoms with Crippen LogP contribution in [-0.2, 0) is 9.59 Å². The van der Waals surface area contributed by atoms with Gasteiger partial charge in [0.05, 0.1) is 0 Å². The second kappa shape index (κ2) is 6.59. The minimum absolute atomic E-state index is 0.0392. The molecule has 4 nitrogen and oxygen atoms in total. The van der Waals surface area contributed by atoms with Gasteiger partial charge in [-0.15, -0.1) is 0 Å². The van der Waals surface area contributed by atoms with E-state index in [2.05, 4.69) is 17.6 Å². The molecule has 0 spiro atoms. The molecule has 3 fully saturated rings. The lowest BCUT2D eigenvalue weighted by atomic mass is 9.83. The van der Waals surface area contributed by atoms with Gasteiger partial charge < -0.3 is 10.6 Å². The molecule has 3 saturated carbocycles. The standard InChI is InChI=1S/C18H30N2O2/c1-11(16-10-13-7-8-15(16)9-13)19-18(22)17(20-12(2)21)14-5-3-4-6-14/h11,13-17H,3-10H2,1-2H3,(H,19,22)(H,20,21)/t11-,13+,15+,16-,17+/m1/s1. The zero-order chi connectivity index (χ0) is 15.7. The summed E-state index contributed by atoms with van der Waals surface area (Å²) in [5, 5.41) is 6.14. The second-order valence-electron chi connectivity index (χ2n) is 7.86. The molecule has 124 valence electrons. The first-order chi connectivity index (χ1) is 10.5. The van der Waals surface area contributed by atoms with Crippen molar-refractivity contribution in [2.75, 3.05) is 0 Å². The molecule has 0 aromatic carbocycles. The van der Waals surface area contributed by atoms with Crippen molar-refractivity contribution in [2.24, 2.45) is 23.7 Å². The Morgan fingerprint density at radius 1 is 1.00 bits per heavy atom. The van der Waals surface area contributed by atoms with Crippen LogP contribution >= 0.6 is 0 Å². The van der Waals surface area contributed by atoms with Crippen LogP contribution in [0.4, 0.5) is 0 Å². The number of carbonyl (C=O) groups is 2. The van der Waals surface area contributed by atoms with Gasteiger partial charge in [0.1, 0.15) is 6.04 Å². The Labute approximate surface area is 133 Å². The summed E-state index contributed by atoms with van der Waals surface area (Å²) in [6, 6.07) is -0.0958. The molecule has 0 unspecified atom stereocenters. The maximum atomic E-state index is 12.7. The summed E-state index contributed by atoms with van der Waals surface area (Å²) < 4.78 is 0. The van der Waals surface area contributed by atoms with E-state index in [-0.39, 0.29) is 23.9 Å². The number of fused-ring (bicyclic) bond motifs is 2. The number of rotatable bonds is 5. The van der Waals surface area contributed by atoms with Crippen molar-refractivity contribution in [2.45, 2.75) is 77.3 Å². The number of carbonyl (C=O) groups excluding carboxylic acids is 2. The van der Waals surface area contributed by atoms with E-state index in [0.29, 0.717) is 11.8 Å². The normalized spacial score (nSPS) is 33.6. The molecule has 0 aromatic heterocycles. The van der Waals surface area contributed by atoms with E-state index >= 15 is 0 Å². The molecule has 3 aliphatic rings. The Morgan fingerprint density at radius 3 is 2.27 bits per heavy atom. The summed E-state index contributed by atoms with van der Waals surface area (Å²) in [5.41, 5.74) is 0. The molecule has 0 radical (unpaired) electrons. The zero-order valence-electron chi connectivity index (χ0n) is 13.9. The third-order valence-electron chi connectivity index (χ3n) is 6.32. The predicted molar refractivity (Wildman–Crippen MR) is 86.1 cm³/mol. The molecule has 4 heteroatoms. The van der Waals surface area contributed by atoms with Gasteiger partial charge in [0.25, 0.3) is 0 Å². The molecule has 3 rings (SSSR count). The fourth-order valence-electron chi connectivity index (χ4n) is 5.23. The first-order valence-electron chi connectivity index (χ1n) is 9.12. The quantitative estimate of drug-likeness (QED) is 0.820. The van der Waals surface area contributed by atoms with Gasteiger partial charge in [-0.2, -0.15) is 0 Å². The van der Waals surface area contributed by atoms with Crippen molar-refractivity contribution in [3.8, 4) is 0 Å². The van der Waals surface area contributed by atoms with Crippen molar-refractivity contribution in [3.05, 3.63) is 0 Å². The van der Waals surface area contributed by atoms with Crippen molar-refractivity contribution >= 4 is 11.8 Å². The largest absolute Gasteiger partial charge is 0.352 e. The van der Waals surface area contributed by atoms with Gasteiger partial charge in [0.15, 0.2) is 0 Å². The second-order valence-corrected chi connectivity index (χ2v) is 7.86. The monoisotopic (exact) mass is 306 g/mol. The highest BCUT2D eigenvalue weighted by Gasteiger charge is 2.42. The summed E-state index contributed by atoms with van der Waals surface area (Å²) in [6.45, 7) is 3.66. The molecular formula is C18H30N2O2. The summed E-state index contributed by atoms with van der Waals surface area (Å²) in [5.74, 6) is 2.61. The SMILES string of the molecule is CC(=O)N[C@H](C(=O)N[C@H](C)[C@H]1C[C@H]2CC[C@H]1C2)C1CCCC1. The van der Waals surface area contributed by atoms with Crippen molar-refractivity contribution in [1.82, 2.24) is 10.6 Å². The van der Waals surface area contributed by atoms with E-state index < -0.39 is 0 Å². The van der Waals surface area contributed by atoms with Gasteiger partial charge >= 0.3 is 0 Å². The molecule has 0 saturated heterocycles. The van der Waals surface area contributed by atoms with E-state index in [4.69, 9.17) is 0 Å². The third-order valence-corrected chi connectivity index (χ3v) is 6.32. The van der Waals surface area contributed by atoms with Crippen LogP contribution in [0.1, 0.15) is 65.2 Å². The van der Waals surface area contributed by atoms with Crippen molar-refractivity contribution in [3.63, 3.8) is 0 Å². The highest BCUT2D eigenvalue weighted by molar-refractivity contribution is 5.87. The molecule has 0 aliphatic heterocycles. The van der Waals surface area contributed by atoms with Crippen LogP contribution in [0.3, 0.4) is 0 Å². The molecule has 3 aliphatic carbocycles. The van der Waals surface area contributed by atoms with Crippen LogP contribution in [0.2, 0.25) is 0 Å². The van der Waals surface area contributed by atoms with Crippen molar-refractivity contribution < 1.29 is 9.59 Å². The lowest BCUT2D eigenvalue weighted by molar-refractivity contribution is -0.130. The van der Waals surface area contributed by atoms with E-state index in [0.717, 1.165) is 24.7 Å². The van der Waals surface area contributed by atoms with Gasteiger partial charge in [0.2, 0.25) is 11.8 Å². The Morgan fingerprint density at radius 2 is 1.73 bits per heavy atom. The van der Waals surface area contributed by atoms with Crippen molar-refractivity contribution in [1.29, 1.82) is 0 Å². The minimum Gasteiger partial charge on any atom is -0.352 e. The third kappa shape index (κ3) is 3.31. The van der Waals surface area contributed by atoms with Crippen LogP contribution in [-0.4, -0.2) is 23.9 Å². The highest BCUT2D eigenvalue weighted by Crippen LogP contribution is 2.49. The molecule has 5 atom stereocenters. The minimum atomic E-state index is -0.332. The fraction of sp³-hybridized carbons (Fsp3) is 0.889. The van der Waals surface area contributed by atoms with Crippen LogP contribution in [0, 0.1) is 23.7 Å². The van der Waals surface area contributed by atoms with E-state index in [1.54, 1.807) is 0 Å². The molecule has 22 heavy (non-hydrogen) atoms. The number of hydrogen-bond donors (Lipinski definition) is 2. The smallest absolute Gasteiger partial charge is 0.243 e. The number of nitrogens with one attached hydrogen (secondary N) is 2. The number of amides is 2. The Kier molecular flexibility index (Phi) is 4.74. The van der Waals surface area contributed by atoms with Gasteiger partial charge in [-0.1, -0.05) is 19.3 Å². The van der Waals surface area contributed by atoms with Gasteiger partial charge in [-0.05, 0) is 62.7 Å². The summed E-state index contributed by atoms with van der Waals surface area (Å²) in [6.07, 6.45) is 9.84. The van der Waals surface area contributed by atoms with Crippen LogP contribution < -0.4 is 10.6 Å². The lowest BCUT2D eigenvalue weighted by Crippen LogP contribution is -2.53. The maximum Gasteiger partial charge on any atom is 0.243 e. The lowest BCUT2D eigenvalue weighted by Gasteiger charge is -2.31. The van der Waals surface area contributed by atoms with E-state index in [1.165, 1.54) is 45.4 Å². The first-order valence-corrected chi connectivity index (χ1v) is 9.12. The average Bonchev–Trinajstić information content (AvgIpc) is 3.20. The predicted octanol–water partition coefficient (Wildman–Crippen LogP) is 2.62. The summed E-state index contributed by atoms with van der Waals surface area (Å²) >= 11 is 0. The molecule has 0 heterocycles. The topological polar surface area (TPSA) is 58.2 Å². The van der Waals surface area contributed by atoms with Gasteiger partial charge in [-0.3, -0.25) is 9.59 Å². The fourth-order valence-corrected chi connectivity index (χ4v) is 5.23. The highest BCUT2D eigenvalue weighted by atomic mass is 16.2. The molecular weight excluding hydrogens is 276 g/mol. The molecule has 2 amide bonds. The van der Waals surface area contributed by atoms with Gasteiger partial charge in [0, 0.05) is 13.0 Å². The number of hydrogen-bond acceptors (Lipinski definition) is 2. The van der Waals surface area contributed by atoms with Crippen LogP contribution in [0.25, 0.3) is 0 Å². The van der Waals surface area contributed by atoms with Crippen LogP contribution in [0.5, 0.6) is 0 Å². The Bertz CT molecular complexity index is 431. The average molecular weight is 306 g/mol. The van der Waals surface area contributed by atoms with Crippen LogP contribution in [0.15, 0.2) is 0 Å². The van der Waals surface area contributed by atoms with E-state index in [9.17, 15) is 9.59 Å². The maximum absolute atomic E-state index is 12.7. The Hall–Kier alpha value is -1.06. The first kappa shape index (κ1) is 15.8. The zero-order valence-corrected chi connectivity index (χ0v) is 13.9. The Balaban J connectivity index is 1.59. The molecule has 2 N–H and O–H groups in total. The molecule has 0 aromatic rings. The van der Waals surface area contributed by atoms with E-state index in [1.807, 2.05) is 0 Å². The van der Waals surface area contributed by atoms with Gasteiger partial charge in [-0.25, -0.2) is 0 Å². The summed E-state index contributed by atoms with van der Waals surface area (Å²) in [7, 11) is 0.